The van der Waals surface area contributed by atoms with E-state index in [9.17, 15) is 5.26 Å². The summed E-state index contributed by atoms with van der Waals surface area (Å²) in [5.41, 5.74) is 3.11. The Morgan fingerprint density at radius 1 is 1.08 bits per heavy atom. The molecule has 1 aliphatic carbocycles. The quantitative estimate of drug-likeness (QED) is 0.837. The topological polar surface area (TPSA) is 78.2 Å². The second-order valence-corrected chi connectivity index (χ2v) is 6.66. The molecule has 4 rings (SSSR count). The number of nitrogens with zero attached hydrogens (tertiary/aromatic N) is 6. The predicted octanol–water partition coefficient (Wildman–Crippen LogP) is 1.96. The molecule has 0 N–H and O–H groups in total. The van der Waals surface area contributed by atoms with E-state index in [-0.39, 0.29) is 0 Å². The molecule has 26 heavy (non-hydrogen) atoms. The van der Waals surface area contributed by atoms with Crippen molar-refractivity contribution in [2.24, 2.45) is 0 Å². The minimum atomic E-state index is 0.570. The van der Waals surface area contributed by atoms with Gasteiger partial charge in [-0.1, -0.05) is 0 Å². The molecule has 2 aromatic rings. The van der Waals surface area contributed by atoms with Crippen LogP contribution in [0, 0.1) is 11.3 Å². The van der Waals surface area contributed by atoms with Crippen molar-refractivity contribution in [2.45, 2.75) is 25.7 Å². The fourth-order valence-corrected chi connectivity index (χ4v) is 3.66. The highest BCUT2D eigenvalue weighted by atomic mass is 16.5. The zero-order valence-electron chi connectivity index (χ0n) is 15.0. The monoisotopic (exact) mass is 350 g/mol. The summed E-state index contributed by atoms with van der Waals surface area (Å²) in [6, 6.07) is 6.14. The van der Waals surface area contributed by atoms with Crippen molar-refractivity contribution < 1.29 is 4.74 Å². The number of pyridine rings is 1. The van der Waals surface area contributed by atoms with Crippen LogP contribution in [0.5, 0.6) is 5.88 Å². The zero-order valence-corrected chi connectivity index (χ0v) is 15.0. The summed E-state index contributed by atoms with van der Waals surface area (Å²) in [5.74, 6) is 2.09. The van der Waals surface area contributed by atoms with Crippen molar-refractivity contribution in [3.05, 3.63) is 35.2 Å². The fraction of sp³-hybridized carbons (Fsp3) is 0.474. The third-order valence-electron chi connectivity index (χ3n) is 5.09. The Bertz CT molecular complexity index is 838. The van der Waals surface area contributed by atoms with Crippen molar-refractivity contribution in [1.82, 2.24) is 15.0 Å². The van der Waals surface area contributed by atoms with Gasteiger partial charge in [0.2, 0.25) is 11.8 Å². The van der Waals surface area contributed by atoms with Crippen LogP contribution in [-0.2, 0) is 12.8 Å². The summed E-state index contributed by atoms with van der Waals surface area (Å²) >= 11 is 0. The number of nitriles is 1. The summed E-state index contributed by atoms with van der Waals surface area (Å²) < 4.78 is 5.18. The van der Waals surface area contributed by atoms with Crippen LogP contribution in [-0.4, -0.2) is 48.2 Å². The molecule has 7 nitrogen and oxygen atoms in total. The van der Waals surface area contributed by atoms with Gasteiger partial charge in [-0.15, -0.1) is 0 Å². The average molecular weight is 350 g/mol. The molecular weight excluding hydrogens is 328 g/mol. The van der Waals surface area contributed by atoms with E-state index >= 15 is 0 Å². The van der Waals surface area contributed by atoms with Crippen LogP contribution in [0.25, 0.3) is 0 Å². The molecule has 1 fully saturated rings. The molecule has 1 aliphatic heterocycles. The van der Waals surface area contributed by atoms with Gasteiger partial charge in [-0.05, 0) is 37.3 Å². The first-order valence-electron chi connectivity index (χ1n) is 9.08. The van der Waals surface area contributed by atoms with Gasteiger partial charge < -0.3 is 14.5 Å². The highest BCUT2D eigenvalue weighted by Gasteiger charge is 2.24. The zero-order chi connectivity index (χ0) is 17.9. The first kappa shape index (κ1) is 16.6. The standard InChI is InChI=1S/C19H22N6O/c1-26-17-6-7-21-19(23-17)25-10-8-24(9-11-25)18-15(13-20)12-14-4-2-3-5-16(14)22-18/h6-7,12H,2-5,8-11H2,1H3. The second kappa shape index (κ2) is 7.16. The number of ether oxygens (including phenoxy) is 1. The maximum atomic E-state index is 9.58. The van der Waals surface area contributed by atoms with E-state index in [1.807, 2.05) is 6.07 Å². The van der Waals surface area contributed by atoms with E-state index in [0.29, 0.717) is 17.4 Å². The molecule has 0 amide bonds. The Morgan fingerprint density at radius 2 is 1.85 bits per heavy atom. The molecule has 0 radical (unpaired) electrons. The van der Waals surface area contributed by atoms with Crippen LogP contribution in [0.2, 0.25) is 0 Å². The predicted molar refractivity (Wildman–Crippen MR) is 98.6 cm³/mol. The number of anilines is 2. The minimum Gasteiger partial charge on any atom is -0.481 e. The first-order chi connectivity index (χ1) is 12.8. The van der Waals surface area contributed by atoms with Crippen molar-refractivity contribution in [3.63, 3.8) is 0 Å². The Labute approximate surface area is 153 Å². The lowest BCUT2D eigenvalue weighted by atomic mass is 9.95. The van der Waals surface area contributed by atoms with Gasteiger partial charge in [0.1, 0.15) is 11.9 Å². The van der Waals surface area contributed by atoms with E-state index < -0.39 is 0 Å². The van der Waals surface area contributed by atoms with Gasteiger partial charge in [0.15, 0.2) is 0 Å². The lowest BCUT2D eigenvalue weighted by Crippen LogP contribution is -2.47. The van der Waals surface area contributed by atoms with Crippen LogP contribution in [0.15, 0.2) is 18.3 Å². The van der Waals surface area contributed by atoms with Gasteiger partial charge in [-0.25, -0.2) is 9.97 Å². The smallest absolute Gasteiger partial charge is 0.228 e. The van der Waals surface area contributed by atoms with Crippen LogP contribution in [0.3, 0.4) is 0 Å². The van der Waals surface area contributed by atoms with Gasteiger partial charge in [0, 0.05) is 44.1 Å². The van der Waals surface area contributed by atoms with Crippen LogP contribution < -0.4 is 14.5 Å². The second-order valence-electron chi connectivity index (χ2n) is 6.66. The van der Waals surface area contributed by atoms with Gasteiger partial charge in [-0.2, -0.15) is 10.2 Å². The lowest BCUT2D eigenvalue weighted by Gasteiger charge is -2.36. The summed E-state index contributed by atoms with van der Waals surface area (Å²) in [4.78, 5) is 18.0. The third-order valence-corrected chi connectivity index (χ3v) is 5.09. The maximum Gasteiger partial charge on any atom is 0.228 e. The molecule has 0 bridgehead atoms. The van der Waals surface area contributed by atoms with E-state index in [4.69, 9.17) is 9.72 Å². The van der Waals surface area contributed by atoms with Crippen molar-refractivity contribution in [1.29, 1.82) is 5.26 Å². The van der Waals surface area contributed by atoms with E-state index in [1.165, 1.54) is 24.1 Å². The van der Waals surface area contributed by atoms with E-state index in [0.717, 1.165) is 44.8 Å². The molecule has 3 heterocycles. The van der Waals surface area contributed by atoms with Gasteiger partial charge in [-0.3, -0.25) is 0 Å². The first-order valence-corrected chi connectivity index (χ1v) is 9.08. The molecule has 0 unspecified atom stereocenters. The fourth-order valence-electron chi connectivity index (χ4n) is 3.66. The lowest BCUT2D eigenvalue weighted by molar-refractivity contribution is 0.396. The third kappa shape index (κ3) is 3.15. The summed E-state index contributed by atoms with van der Waals surface area (Å²) in [5, 5.41) is 9.58. The maximum absolute atomic E-state index is 9.58. The molecule has 0 saturated carbocycles. The summed E-state index contributed by atoms with van der Waals surface area (Å²) in [7, 11) is 1.61. The highest BCUT2D eigenvalue weighted by molar-refractivity contribution is 5.57. The molecule has 0 aromatic carbocycles. The molecule has 2 aromatic heterocycles. The molecule has 7 heteroatoms. The van der Waals surface area contributed by atoms with Crippen molar-refractivity contribution in [2.75, 3.05) is 43.1 Å². The Morgan fingerprint density at radius 3 is 2.62 bits per heavy atom. The average Bonchev–Trinajstić information content (AvgIpc) is 2.73. The van der Waals surface area contributed by atoms with Gasteiger partial charge >= 0.3 is 0 Å². The minimum absolute atomic E-state index is 0.570. The molecule has 0 spiro atoms. The summed E-state index contributed by atoms with van der Waals surface area (Å²) in [6.07, 6.45) is 6.15. The van der Waals surface area contributed by atoms with Crippen molar-refractivity contribution in [3.8, 4) is 11.9 Å². The Balaban J connectivity index is 1.52. The Kier molecular flexibility index (Phi) is 4.57. The van der Waals surface area contributed by atoms with Crippen molar-refractivity contribution >= 4 is 11.8 Å². The normalized spacial score (nSPS) is 16.8. The molecule has 2 aliphatic rings. The number of rotatable bonds is 3. The molecule has 1 saturated heterocycles. The SMILES string of the molecule is COc1ccnc(N2CCN(c3nc4c(cc3C#N)CCCC4)CC2)n1. The van der Waals surface area contributed by atoms with Crippen LogP contribution in [0.1, 0.15) is 29.7 Å². The van der Waals surface area contributed by atoms with Crippen LogP contribution in [0.4, 0.5) is 11.8 Å². The largest absolute Gasteiger partial charge is 0.481 e. The number of fused-ring (bicyclic) bond motifs is 1. The number of methoxy groups -OCH3 is 1. The number of aromatic nitrogens is 3. The molecule has 134 valence electrons. The summed E-state index contributed by atoms with van der Waals surface area (Å²) in [6.45, 7) is 3.16. The molecular formula is C19H22N6O. The van der Waals surface area contributed by atoms with E-state index in [2.05, 4.69) is 25.8 Å². The number of hydrogen-bond acceptors (Lipinski definition) is 7. The number of piperazine rings is 1. The van der Waals surface area contributed by atoms with Gasteiger partial charge in [0.05, 0.1) is 12.7 Å². The highest BCUT2D eigenvalue weighted by Crippen LogP contribution is 2.27. The number of hydrogen-bond donors (Lipinski definition) is 0. The Hall–Kier alpha value is -2.88. The van der Waals surface area contributed by atoms with Gasteiger partial charge in [0.25, 0.3) is 0 Å². The van der Waals surface area contributed by atoms with Crippen LogP contribution >= 0.6 is 0 Å². The molecule has 0 atom stereocenters. The van der Waals surface area contributed by atoms with E-state index in [1.54, 1.807) is 19.4 Å². The number of aryl methyl sites for hydroxylation is 2.